The maximum absolute atomic E-state index is 5.93. The van der Waals surface area contributed by atoms with E-state index in [-0.39, 0.29) is 6.10 Å². The molecule has 0 radical (unpaired) electrons. The van der Waals surface area contributed by atoms with Crippen molar-refractivity contribution in [3.63, 3.8) is 0 Å². The number of hydrogen-bond donors (Lipinski definition) is 0. The van der Waals surface area contributed by atoms with Crippen LogP contribution in [0.25, 0.3) is 10.9 Å². The topological polar surface area (TPSA) is 22.1 Å². The van der Waals surface area contributed by atoms with E-state index in [2.05, 4.69) is 10.9 Å². The smallest absolute Gasteiger partial charge is 0.185 e. The Kier molecular flexibility index (Phi) is 3.18. The number of para-hydroxylation sites is 1. The summed E-state index contributed by atoms with van der Waals surface area (Å²) in [7, 11) is 0. The molecule has 3 rings (SSSR count). The molecule has 0 aliphatic carbocycles. The van der Waals surface area contributed by atoms with Gasteiger partial charge in [0.2, 0.25) is 0 Å². The van der Waals surface area contributed by atoms with Crippen LogP contribution in [0, 0.1) is 12.3 Å². The van der Waals surface area contributed by atoms with Crippen LogP contribution < -0.4 is 4.74 Å². The normalized spacial score (nSPS) is 11.9. The van der Waals surface area contributed by atoms with Crippen molar-refractivity contribution in [1.29, 1.82) is 0 Å². The lowest BCUT2D eigenvalue weighted by Gasteiger charge is -2.13. The highest BCUT2D eigenvalue weighted by Crippen LogP contribution is 2.28. The Hall–Kier alpha value is -2.31. The molecule has 2 heterocycles. The van der Waals surface area contributed by atoms with Crippen LogP contribution in [0.15, 0.2) is 53.4 Å². The van der Waals surface area contributed by atoms with Crippen molar-refractivity contribution in [2.24, 2.45) is 0 Å². The Balaban J connectivity index is 1.99. The van der Waals surface area contributed by atoms with Crippen molar-refractivity contribution in [1.82, 2.24) is 4.98 Å². The van der Waals surface area contributed by atoms with E-state index >= 15 is 0 Å². The lowest BCUT2D eigenvalue weighted by molar-refractivity contribution is 0.268. The molecule has 0 aliphatic rings. The molecule has 0 saturated carbocycles. The number of ether oxygens (including phenoxy) is 1. The molecule has 0 fully saturated rings. The molecule has 1 atom stereocenters. The first-order valence-corrected chi connectivity index (χ1v) is 6.81. The summed E-state index contributed by atoms with van der Waals surface area (Å²) in [6, 6.07) is 11.7. The van der Waals surface area contributed by atoms with Gasteiger partial charge in [0.05, 0.1) is 0 Å². The second-order valence-electron chi connectivity index (χ2n) is 4.05. The van der Waals surface area contributed by atoms with Crippen LogP contribution in [-0.4, -0.2) is 4.98 Å². The van der Waals surface area contributed by atoms with Crippen molar-refractivity contribution < 1.29 is 4.74 Å². The first-order valence-electron chi connectivity index (χ1n) is 5.87. The number of nitrogens with zero attached hydrogens (tertiary/aromatic N) is 1. The Morgan fingerprint density at radius 3 is 2.89 bits per heavy atom. The first-order chi connectivity index (χ1) is 9.38. The Morgan fingerprint density at radius 2 is 2.11 bits per heavy atom. The van der Waals surface area contributed by atoms with E-state index in [0.717, 1.165) is 16.5 Å². The molecular weight excluding hydrogens is 254 g/mol. The molecule has 3 heteroatoms. The monoisotopic (exact) mass is 265 g/mol. The first kappa shape index (κ1) is 11.8. The highest BCUT2D eigenvalue weighted by molar-refractivity contribution is 7.08. The fourth-order valence-corrected chi connectivity index (χ4v) is 2.59. The molecular formula is C16H11NOS. The molecule has 1 aromatic carbocycles. The van der Waals surface area contributed by atoms with Gasteiger partial charge in [-0.25, -0.2) is 0 Å². The summed E-state index contributed by atoms with van der Waals surface area (Å²) in [6.45, 7) is 0. The molecule has 2 aromatic heterocycles. The number of pyridine rings is 1. The summed E-state index contributed by atoms with van der Waals surface area (Å²) < 4.78 is 5.93. The number of rotatable bonds is 3. The molecule has 0 saturated heterocycles. The predicted molar refractivity (Wildman–Crippen MR) is 78.3 cm³/mol. The van der Waals surface area contributed by atoms with Crippen LogP contribution in [0.5, 0.6) is 5.75 Å². The summed E-state index contributed by atoms with van der Waals surface area (Å²) in [5, 5.41) is 5.04. The maximum Gasteiger partial charge on any atom is 0.185 e. The SMILES string of the molecule is C#CC(Oc1cccc2cccnc12)c1ccsc1. The van der Waals surface area contributed by atoms with Crippen molar-refractivity contribution in [3.05, 3.63) is 58.9 Å². The van der Waals surface area contributed by atoms with Gasteiger partial charge in [-0.1, -0.05) is 24.1 Å². The second kappa shape index (κ2) is 5.13. The third kappa shape index (κ3) is 2.31. The number of fused-ring (bicyclic) bond motifs is 1. The highest BCUT2D eigenvalue weighted by atomic mass is 32.1. The van der Waals surface area contributed by atoms with E-state index in [9.17, 15) is 0 Å². The van der Waals surface area contributed by atoms with Crippen LogP contribution in [0.1, 0.15) is 11.7 Å². The number of thiophene rings is 1. The Labute approximate surface area is 115 Å². The zero-order chi connectivity index (χ0) is 13.1. The summed E-state index contributed by atoms with van der Waals surface area (Å²) >= 11 is 1.61. The average molecular weight is 265 g/mol. The number of terminal acetylenes is 1. The van der Waals surface area contributed by atoms with Gasteiger partial charge in [0.1, 0.15) is 11.3 Å². The lowest BCUT2D eigenvalue weighted by Crippen LogP contribution is -2.04. The molecule has 0 aliphatic heterocycles. The molecule has 0 N–H and O–H groups in total. The van der Waals surface area contributed by atoms with Gasteiger partial charge in [0, 0.05) is 17.1 Å². The number of benzene rings is 1. The minimum Gasteiger partial charge on any atom is -0.471 e. The zero-order valence-electron chi connectivity index (χ0n) is 10.1. The van der Waals surface area contributed by atoms with Gasteiger partial charge in [-0.05, 0) is 29.0 Å². The van der Waals surface area contributed by atoms with Crippen LogP contribution in [0.2, 0.25) is 0 Å². The molecule has 0 bridgehead atoms. The van der Waals surface area contributed by atoms with E-state index in [4.69, 9.17) is 11.2 Å². The van der Waals surface area contributed by atoms with Crippen LogP contribution in [0.3, 0.4) is 0 Å². The van der Waals surface area contributed by atoms with Crippen LogP contribution >= 0.6 is 11.3 Å². The Bertz CT molecular complexity index is 723. The van der Waals surface area contributed by atoms with E-state index < -0.39 is 0 Å². The molecule has 19 heavy (non-hydrogen) atoms. The molecule has 3 aromatic rings. The van der Waals surface area contributed by atoms with Gasteiger partial charge in [0.15, 0.2) is 6.10 Å². The third-order valence-electron chi connectivity index (χ3n) is 2.84. The van der Waals surface area contributed by atoms with Crippen molar-refractivity contribution in [2.45, 2.75) is 6.10 Å². The molecule has 1 unspecified atom stereocenters. The number of hydrogen-bond acceptors (Lipinski definition) is 3. The molecule has 92 valence electrons. The van der Waals surface area contributed by atoms with E-state index in [0.29, 0.717) is 5.75 Å². The fraction of sp³-hybridized carbons (Fsp3) is 0.0625. The quantitative estimate of drug-likeness (QED) is 0.666. The molecule has 2 nitrogen and oxygen atoms in total. The summed E-state index contributed by atoms with van der Waals surface area (Å²) in [4.78, 5) is 4.36. The van der Waals surface area contributed by atoms with E-state index in [1.54, 1.807) is 17.5 Å². The predicted octanol–water partition coefficient (Wildman–Crippen LogP) is 4.05. The summed E-state index contributed by atoms with van der Waals surface area (Å²) in [5.41, 5.74) is 1.83. The van der Waals surface area contributed by atoms with Gasteiger partial charge in [-0.3, -0.25) is 4.98 Å². The van der Waals surface area contributed by atoms with Crippen molar-refractivity contribution >= 4 is 22.2 Å². The van der Waals surface area contributed by atoms with Crippen molar-refractivity contribution in [3.8, 4) is 18.1 Å². The van der Waals surface area contributed by atoms with Gasteiger partial charge >= 0.3 is 0 Å². The van der Waals surface area contributed by atoms with Gasteiger partial charge < -0.3 is 4.74 Å². The summed E-state index contributed by atoms with van der Waals surface area (Å²) in [5.74, 6) is 3.39. The minimum atomic E-state index is -0.376. The van der Waals surface area contributed by atoms with Crippen LogP contribution in [0.4, 0.5) is 0 Å². The largest absolute Gasteiger partial charge is 0.471 e. The van der Waals surface area contributed by atoms with E-state index in [1.165, 1.54) is 0 Å². The Morgan fingerprint density at radius 1 is 1.21 bits per heavy atom. The summed E-state index contributed by atoms with van der Waals surface area (Å²) in [6.07, 6.45) is 6.94. The second-order valence-corrected chi connectivity index (χ2v) is 4.83. The van der Waals surface area contributed by atoms with E-state index in [1.807, 2.05) is 47.2 Å². The van der Waals surface area contributed by atoms with Crippen LogP contribution in [-0.2, 0) is 0 Å². The highest BCUT2D eigenvalue weighted by Gasteiger charge is 2.12. The molecule has 0 spiro atoms. The van der Waals surface area contributed by atoms with Gasteiger partial charge in [-0.2, -0.15) is 11.3 Å². The lowest BCUT2D eigenvalue weighted by atomic mass is 10.2. The van der Waals surface area contributed by atoms with Gasteiger partial charge in [0.25, 0.3) is 0 Å². The minimum absolute atomic E-state index is 0.376. The van der Waals surface area contributed by atoms with Crippen molar-refractivity contribution in [2.75, 3.05) is 0 Å². The molecule has 0 amide bonds. The average Bonchev–Trinajstić information content (AvgIpc) is 2.99. The number of aromatic nitrogens is 1. The third-order valence-corrected chi connectivity index (χ3v) is 3.54. The standard InChI is InChI=1S/C16H11NOS/c1-2-14(13-8-10-19-11-13)18-15-7-3-5-12-6-4-9-17-16(12)15/h1,3-11,14H. The maximum atomic E-state index is 5.93. The van der Waals surface area contributed by atoms with Gasteiger partial charge in [-0.15, -0.1) is 6.42 Å². The zero-order valence-corrected chi connectivity index (χ0v) is 10.9. The fourth-order valence-electron chi connectivity index (χ4n) is 1.92.